The lowest BCUT2D eigenvalue weighted by molar-refractivity contribution is -0.147. The lowest BCUT2D eigenvalue weighted by atomic mass is 9.78. The Kier molecular flexibility index (Phi) is 5.38. The Morgan fingerprint density at radius 2 is 1.62 bits per heavy atom. The van der Waals surface area contributed by atoms with Crippen LogP contribution in [0.25, 0.3) is 0 Å². The molecule has 0 heterocycles. The van der Waals surface area contributed by atoms with E-state index in [-0.39, 0.29) is 5.97 Å². The number of esters is 1. The Hall–Kier alpha value is -1.87. The fourth-order valence-electron chi connectivity index (χ4n) is 4.86. The van der Waals surface area contributed by atoms with Gasteiger partial charge in [0.05, 0.1) is 20.6 Å². The van der Waals surface area contributed by atoms with Gasteiger partial charge in [0.2, 0.25) is 0 Å². The second-order valence-electron chi connectivity index (χ2n) is 8.54. The lowest BCUT2D eigenvalue weighted by Crippen LogP contribution is -2.43. The van der Waals surface area contributed by atoms with Crippen LogP contribution in [-0.4, -0.2) is 21.2 Å². The molecule has 2 aromatic rings. The molecule has 1 unspecified atom stereocenters. The maximum atomic E-state index is 12.9. The first kappa shape index (κ1) is 18.9. The van der Waals surface area contributed by atoms with Crippen LogP contribution in [0.3, 0.4) is 0 Å². The smallest absolute Gasteiger partial charge is 0.316 e. The standard InChI is InChI=1S/C23H30O2Si/c1-18-15-23(22(24)25-2,20-11-7-5-8-12-20)16-19(18)17-26(3,4)21-13-9-6-10-14-21/h5-14,18-19H,15-17H2,1-4H3/t18-,19+,23?/m1/s1. The van der Waals surface area contributed by atoms with Crippen molar-refractivity contribution < 1.29 is 9.53 Å². The molecule has 0 saturated heterocycles. The number of hydrogen-bond acceptors (Lipinski definition) is 2. The first-order valence-electron chi connectivity index (χ1n) is 9.58. The predicted molar refractivity (Wildman–Crippen MR) is 110 cm³/mol. The van der Waals surface area contributed by atoms with Gasteiger partial charge in [-0.1, -0.05) is 91.9 Å². The Bertz CT molecular complexity index is 741. The molecular formula is C23H30O2Si. The fraction of sp³-hybridized carbons (Fsp3) is 0.435. The van der Waals surface area contributed by atoms with E-state index in [0.717, 1.165) is 18.4 Å². The van der Waals surface area contributed by atoms with Gasteiger partial charge in [-0.15, -0.1) is 0 Å². The van der Waals surface area contributed by atoms with E-state index >= 15 is 0 Å². The highest BCUT2D eigenvalue weighted by atomic mass is 28.3. The van der Waals surface area contributed by atoms with Crippen LogP contribution >= 0.6 is 0 Å². The Balaban J connectivity index is 1.88. The molecule has 1 aliphatic rings. The van der Waals surface area contributed by atoms with Gasteiger partial charge < -0.3 is 4.74 Å². The summed E-state index contributed by atoms with van der Waals surface area (Å²) in [5.41, 5.74) is 0.627. The zero-order valence-electron chi connectivity index (χ0n) is 16.4. The van der Waals surface area contributed by atoms with Crippen molar-refractivity contribution in [1.82, 2.24) is 0 Å². The molecular weight excluding hydrogens is 336 g/mol. The largest absolute Gasteiger partial charge is 0.468 e. The highest BCUT2D eigenvalue weighted by molar-refractivity contribution is 6.89. The Morgan fingerprint density at radius 3 is 2.19 bits per heavy atom. The fourth-order valence-corrected chi connectivity index (χ4v) is 8.05. The van der Waals surface area contributed by atoms with Crippen LogP contribution in [0, 0.1) is 11.8 Å². The van der Waals surface area contributed by atoms with Crippen LogP contribution in [0.1, 0.15) is 25.3 Å². The molecule has 0 spiro atoms. The number of methoxy groups -OCH3 is 1. The average molecular weight is 367 g/mol. The van der Waals surface area contributed by atoms with E-state index in [9.17, 15) is 4.79 Å². The van der Waals surface area contributed by atoms with E-state index < -0.39 is 13.5 Å². The molecule has 0 radical (unpaired) electrons. The summed E-state index contributed by atoms with van der Waals surface area (Å²) in [6.45, 7) is 7.22. The minimum absolute atomic E-state index is 0.0720. The van der Waals surface area contributed by atoms with E-state index in [1.807, 2.05) is 18.2 Å². The third kappa shape index (κ3) is 3.50. The molecule has 0 bridgehead atoms. The SMILES string of the molecule is COC(=O)C1(c2ccccc2)C[C@@H](C[Si](C)(C)c2ccccc2)[C@H](C)C1. The van der Waals surface area contributed by atoms with Crippen LogP contribution < -0.4 is 5.19 Å². The lowest BCUT2D eigenvalue weighted by Gasteiger charge is -2.30. The molecule has 2 nitrogen and oxygen atoms in total. The number of rotatable bonds is 5. The quantitative estimate of drug-likeness (QED) is 0.563. The van der Waals surface area contributed by atoms with Gasteiger partial charge in [-0.05, 0) is 30.2 Å². The summed E-state index contributed by atoms with van der Waals surface area (Å²) < 4.78 is 5.28. The van der Waals surface area contributed by atoms with Gasteiger partial charge in [0.25, 0.3) is 0 Å². The molecule has 3 rings (SSSR count). The molecule has 0 aliphatic heterocycles. The maximum absolute atomic E-state index is 12.9. The third-order valence-corrected chi connectivity index (χ3v) is 9.76. The zero-order valence-corrected chi connectivity index (χ0v) is 17.4. The highest BCUT2D eigenvalue weighted by Crippen LogP contribution is 2.50. The minimum Gasteiger partial charge on any atom is -0.468 e. The van der Waals surface area contributed by atoms with Crippen molar-refractivity contribution in [3.63, 3.8) is 0 Å². The number of hydrogen-bond donors (Lipinski definition) is 0. The molecule has 0 aromatic heterocycles. The van der Waals surface area contributed by atoms with E-state index in [1.165, 1.54) is 18.3 Å². The third-order valence-electron chi connectivity index (χ3n) is 6.32. The molecule has 138 valence electrons. The predicted octanol–water partition coefficient (Wildman–Crippen LogP) is 4.76. The van der Waals surface area contributed by atoms with Crippen LogP contribution in [0.4, 0.5) is 0 Å². The summed E-state index contributed by atoms with van der Waals surface area (Å²) in [6.07, 6.45) is 1.78. The monoisotopic (exact) mass is 366 g/mol. The molecule has 1 saturated carbocycles. The molecule has 2 aromatic carbocycles. The summed E-state index contributed by atoms with van der Waals surface area (Å²) >= 11 is 0. The first-order chi connectivity index (χ1) is 12.4. The number of carbonyl (C=O) groups excluding carboxylic acids is 1. The van der Waals surface area contributed by atoms with Gasteiger partial charge in [-0.3, -0.25) is 4.79 Å². The van der Waals surface area contributed by atoms with Crippen LogP contribution in [0.5, 0.6) is 0 Å². The van der Waals surface area contributed by atoms with Gasteiger partial charge in [-0.2, -0.15) is 0 Å². The van der Waals surface area contributed by atoms with Gasteiger partial charge in [0, 0.05) is 0 Å². The van der Waals surface area contributed by atoms with Crippen LogP contribution in [-0.2, 0) is 14.9 Å². The van der Waals surface area contributed by atoms with Crippen molar-refractivity contribution in [2.24, 2.45) is 11.8 Å². The highest BCUT2D eigenvalue weighted by Gasteiger charge is 2.51. The molecule has 3 atom stereocenters. The van der Waals surface area contributed by atoms with Crippen LogP contribution in [0.15, 0.2) is 60.7 Å². The van der Waals surface area contributed by atoms with E-state index in [4.69, 9.17) is 4.74 Å². The topological polar surface area (TPSA) is 26.3 Å². The van der Waals surface area contributed by atoms with Crippen molar-refractivity contribution in [3.05, 3.63) is 66.2 Å². The maximum Gasteiger partial charge on any atom is 0.316 e. The van der Waals surface area contributed by atoms with Crippen molar-refractivity contribution in [2.75, 3.05) is 7.11 Å². The minimum atomic E-state index is -1.55. The molecule has 3 heteroatoms. The Labute approximate surface area is 158 Å². The molecule has 0 amide bonds. The number of carbonyl (C=O) groups is 1. The summed E-state index contributed by atoms with van der Waals surface area (Å²) in [5, 5.41) is 1.50. The van der Waals surface area contributed by atoms with Gasteiger partial charge in [0.15, 0.2) is 0 Å². The van der Waals surface area contributed by atoms with Gasteiger partial charge in [0.1, 0.15) is 0 Å². The molecule has 26 heavy (non-hydrogen) atoms. The van der Waals surface area contributed by atoms with E-state index in [1.54, 1.807) is 0 Å². The molecule has 1 fully saturated rings. The van der Waals surface area contributed by atoms with Crippen molar-refractivity contribution in [1.29, 1.82) is 0 Å². The second kappa shape index (κ2) is 7.40. The van der Waals surface area contributed by atoms with Crippen LogP contribution in [0.2, 0.25) is 19.1 Å². The summed E-state index contributed by atoms with van der Waals surface area (Å²) in [7, 11) is -0.0253. The second-order valence-corrected chi connectivity index (χ2v) is 13.3. The van der Waals surface area contributed by atoms with Crippen molar-refractivity contribution in [2.45, 2.75) is 44.3 Å². The van der Waals surface area contributed by atoms with E-state index in [0.29, 0.717) is 11.8 Å². The summed E-state index contributed by atoms with van der Waals surface area (Å²) in [6, 6.07) is 22.4. The van der Waals surface area contributed by atoms with Crippen molar-refractivity contribution in [3.8, 4) is 0 Å². The van der Waals surface area contributed by atoms with Gasteiger partial charge in [-0.25, -0.2) is 0 Å². The summed E-state index contributed by atoms with van der Waals surface area (Å²) in [5.74, 6) is 0.998. The number of benzene rings is 2. The first-order valence-corrected chi connectivity index (χ1v) is 12.8. The molecule has 1 aliphatic carbocycles. The van der Waals surface area contributed by atoms with Gasteiger partial charge >= 0.3 is 5.97 Å². The summed E-state index contributed by atoms with van der Waals surface area (Å²) in [4.78, 5) is 12.9. The normalized spacial score (nSPS) is 25.8. The molecule has 0 N–H and O–H groups in total. The average Bonchev–Trinajstić information content (AvgIpc) is 2.99. The van der Waals surface area contributed by atoms with Crippen molar-refractivity contribution >= 4 is 19.2 Å². The zero-order chi connectivity index (χ0) is 18.8. The van der Waals surface area contributed by atoms with E-state index in [2.05, 4.69) is 62.5 Å². The number of ether oxygens (including phenoxy) is 1. The Morgan fingerprint density at radius 1 is 1.04 bits per heavy atom.